The third-order valence-electron chi connectivity index (χ3n) is 6.16. The van der Waals surface area contributed by atoms with Crippen LogP contribution in [0.15, 0.2) is 42.5 Å². The number of hydrogen-bond donors (Lipinski definition) is 0. The summed E-state index contributed by atoms with van der Waals surface area (Å²) in [6.07, 6.45) is 4.79. The Bertz CT molecular complexity index is 1170. The summed E-state index contributed by atoms with van der Waals surface area (Å²) in [5.41, 5.74) is 1.51. The third kappa shape index (κ3) is 6.62. The molecule has 0 bridgehead atoms. The molecule has 6 nitrogen and oxygen atoms in total. The molecule has 1 aliphatic heterocycles. The standard InChI is InChI=1S/C27H33Cl2N3O3/c1-27(2,3)35-26(33)31-15-7-6-9-20(31)10-8-16-32-23-12-5-4-11-22(23)30-25(32)18-34-24-14-13-19(28)17-21(24)29/h4-5,11-14,17,20H,6-10,15-16,18H2,1-3H3. The second-order valence-electron chi connectivity index (χ2n) is 10.00. The van der Waals surface area contributed by atoms with Gasteiger partial charge in [0, 0.05) is 24.2 Å². The second kappa shape index (κ2) is 11.1. The molecule has 4 rings (SSSR count). The molecule has 1 amide bonds. The quantitative estimate of drug-likeness (QED) is 0.325. The second-order valence-corrected chi connectivity index (χ2v) is 10.8. The van der Waals surface area contributed by atoms with Gasteiger partial charge in [-0.1, -0.05) is 35.3 Å². The van der Waals surface area contributed by atoms with Gasteiger partial charge in [0.2, 0.25) is 0 Å². The van der Waals surface area contributed by atoms with E-state index in [1.165, 1.54) is 0 Å². The zero-order chi connectivity index (χ0) is 25.0. The maximum atomic E-state index is 12.8. The van der Waals surface area contributed by atoms with E-state index in [2.05, 4.69) is 10.6 Å². The lowest BCUT2D eigenvalue weighted by Gasteiger charge is -2.37. The van der Waals surface area contributed by atoms with Crippen LogP contribution in [0.5, 0.6) is 5.75 Å². The smallest absolute Gasteiger partial charge is 0.410 e. The SMILES string of the molecule is CC(C)(C)OC(=O)N1CCCCC1CCCn1c(COc2ccc(Cl)cc2Cl)nc2ccccc21. The largest absolute Gasteiger partial charge is 0.484 e. The summed E-state index contributed by atoms with van der Waals surface area (Å²) < 4.78 is 13.9. The van der Waals surface area contributed by atoms with E-state index >= 15 is 0 Å². The van der Waals surface area contributed by atoms with Crippen molar-refractivity contribution in [3.05, 3.63) is 58.3 Å². The normalized spacial score (nSPS) is 16.5. The van der Waals surface area contributed by atoms with Crippen LogP contribution in [0.25, 0.3) is 11.0 Å². The number of nitrogens with zero attached hydrogens (tertiary/aromatic N) is 3. The number of hydrogen-bond acceptors (Lipinski definition) is 4. The number of rotatable bonds is 7. The van der Waals surface area contributed by atoms with Gasteiger partial charge >= 0.3 is 6.09 Å². The molecule has 0 N–H and O–H groups in total. The van der Waals surface area contributed by atoms with E-state index < -0.39 is 5.60 Å². The maximum absolute atomic E-state index is 12.8. The fourth-order valence-electron chi connectivity index (χ4n) is 4.57. The van der Waals surface area contributed by atoms with E-state index in [-0.39, 0.29) is 12.1 Å². The van der Waals surface area contributed by atoms with Crippen molar-refractivity contribution in [1.82, 2.24) is 14.5 Å². The first kappa shape index (κ1) is 25.6. The monoisotopic (exact) mass is 517 g/mol. The molecule has 35 heavy (non-hydrogen) atoms. The topological polar surface area (TPSA) is 56.6 Å². The van der Waals surface area contributed by atoms with Gasteiger partial charge in [-0.25, -0.2) is 9.78 Å². The molecule has 1 atom stereocenters. The van der Waals surface area contributed by atoms with E-state index in [0.717, 1.165) is 62.1 Å². The number of para-hydroxylation sites is 2. The van der Waals surface area contributed by atoms with Gasteiger partial charge in [0.25, 0.3) is 0 Å². The Labute approximate surface area is 217 Å². The summed E-state index contributed by atoms with van der Waals surface area (Å²) in [4.78, 5) is 19.5. The van der Waals surface area contributed by atoms with Crippen molar-refractivity contribution in [2.75, 3.05) is 6.54 Å². The van der Waals surface area contributed by atoms with Gasteiger partial charge in [0.05, 0.1) is 16.1 Å². The van der Waals surface area contributed by atoms with Gasteiger partial charge in [-0.2, -0.15) is 0 Å². The van der Waals surface area contributed by atoms with Gasteiger partial charge in [0.15, 0.2) is 0 Å². The van der Waals surface area contributed by atoms with E-state index in [1.807, 2.05) is 43.9 Å². The molecule has 1 saturated heterocycles. The Hall–Kier alpha value is -2.44. The molecule has 1 fully saturated rings. The summed E-state index contributed by atoms with van der Waals surface area (Å²) in [6.45, 7) is 7.57. The lowest BCUT2D eigenvalue weighted by Crippen LogP contribution is -2.46. The zero-order valence-electron chi connectivity index (χ0n) is 20.6. The van der Waals surface area contributed by atoms with Crippen LogP contribution < -0.4 is 4.74 Å². The Kier molecular flexibility index (Phi) is 8.12. The number of aryl methyl sites for hydroxylation is 1. The Morgan fingerprint density at radius 3 is 2.71 bits per heavy atom. The molecule has 1 aromatic heterocycles. The highest BCUT2D eigenvalue weighted by molar-refractivity contribution is 6.35. The number of ether oxygens (including phenoxy) is 2. The summed E-state index contributed by atoms with van der Waals surface area (Å²) in [5.74, 6) is 1.41. The molecule has 8 heteroatoms. The van der Waals surface area contributed by atoms with Crippen molar-refractivity contribution in [3.8, 4) is 5.75 Å². The molecule has 3 aromatic rings. The van der Waals surface area contributed by atoms with E-state index in [1.54, 1.807) is 18.2 Å². The highest BCUT2D eigenvalue weighted by atomic mass is 35.5. The van der Waals surface area contributed by atoms with Crippen molar-refractivity contribution in [3.63, 3.8) is 0 Å². The average molecular weight is 518 g/mol. The zero-order valence-corrected chi connectivity index (χ0v) is 22.1. The fourth-order valence-corrected chi connectivity index (χ4v) is 5.03. The maximum Gasteiger partial charge on any atom is 0.410 e. The molecule has 2 heterocycles. The number of aromatic nitrogens is 2. The molecule has 188 valence electrons. The molecule has 1 unspecified atom stereocenters. The van der Waals surface area contributed by atoms with Crippen LogP contribution in [-0.4, -0.2) is 38.7 Å². The predicted octanol–water partition coefficient (Wildman–Crippen LogP) is 7.49. The highest BCUT2D eigenvalue weighted by Crippen LogP contribution is 2.29. The number of imidazole rings is 1. The summed E-state index contributed by atoms with van der Waals surface area (Å²) >= 11 is 12.3. The van der Waals surface area contributed by atoms with Crippen LogP contribution in [0.1, 0.15) is 58.7 Å². The number of carbonyl (C=O) groups is 1. The van der Waals surface area contributed by atoms with Gasteiger partial charge in [-0.15, -0.1) is 0 Å². The Balaban J connectivity index is 1.45. The first-order valence-electron chi connectivity index (χ1n) is 12.2. The molecule has 0 spiro atoms. The van der Waals surface area contributed by atoms with Gasteiger partial charge in [-0.3, -0.25) is 0 Å². The van der Waals surface area contributed by atoms with Crippen molar-refractivity contribution in [2.45, 2.75) is 77.7 Å². The molecule has 0 radical (unpaired) electrons. The highest BCUT2D eigenvalue weighted by Gasteiger charge is 2.30. The van der Waals surface area contributed by atoms with Gasteiger partial charge < -0.3 is 18.9 Å². The number of benzene rings is 2. The van der Waals surface area contributed by atoms with Crippen molar-refractivity contribution in [1.29, 1.82) is 0 Å². The average Bonchev–Trinajstić information content (AvgIpc) is 3.15. The van der Waals surface area contributed by atoms with Crippen molar-refractivity contribution >= 4 is 40.3 Å². The lowest BCUT2D eigenvalue weighted by molar-refractivity contribution is 0.00852. The summed E-state index contributed by atoms with van der Waals surface area (Å²) in [7, 11) is 0. The molecular weight excluding hydrogens is 485 g/mol. The molecule has 0 saturated carbocycles. The minimum Gasteiger partial charge on any atom is -0.484 e. The lowest BCUT2D eigenvalue weighted by atomic mass is 9.98. The van der Waals surface area contributed by atoms with Gasteiger partial charge in [-0.05, 0) is 83.2 Å². The third-order valence-corrected chi connectivity index (χ3v) is 6.69. The Morgan fingerprint density at radius 1 is 1.14 bits per heavy atom. The molecule has 0 aliphatic carbocycles. The van der Waals surface area contributed by atoms with Crippen molar-refractivity contribution in [2.24, 2.45) is 0 Å². The number of likely N-dealkylation sites (tertiary alicyclic amines) is 1. The van der Waals surface area contributed by atoms with Crippen molar-refractivity contribution < 1.29 is 14.3 Å². The first-order chi connectivity index (χ1) is 16.7. The minimum atomic E-state index is -0.489. The van der Waals surface area contributed by atoms with Crippen LogP contribution in [0.2, 0.25) is 10.0 Å². The van der Waals surface area contributed by atoms with Crippen LogP contribution in [0.3, 0.4) is 0 Å². The summed E-state index contributed by atoms with van der Waals surface area (Å²) in [5, 5.41) is 1.04. The number of carbonyl (C=O) groups excluding carboxylic acids is 1. The molecular formula is C27H33Cl2N3O3. The predicted molar refractivity (Wildman–Crippen MR) is 140 cm³/mol. The van der Waals surface area contributed by atoms with Crippen LogP contribution >= 0.6 is 23.2 Å². The van der Waals surface area contributed by atoms with Crippen LogP contribution in [0.4, 0.5) is 4.79 Å². The van der Waals surface area contributed by atoms with Gasteiger partial charge in [0.1, 0.15) is 23.8 Å². The molecule has 2 aromatic carbocycles. The van der Waals surface area contributed by atoms with E-state index in [0.29, 0.717) is 22.4 Å². The number of halogens is 2. The summed E-state index contributed by atoms with van der Waals surface area (Å²) in [6, 6.07) is 13.5. The van der Waals surface area contributed by atoms with E-state index in [9.17, 15) is 4.79 Å². The Morgan fingerprint density at radius 2 is 1.94 bits per heavy atom. The number of amides is 1. The molecule has 1 aliphatic rings. The minimum absolute atomic E-state index is 0.195. The van der Waals surface area contributed by atoms with E-state index in [4.69, 9.17) is 37.7 Å². The fraction of sp³-hybridized carbons (Fsp3) is 0.481. The number of fused-ring (bicyclic) bond motifs is 1. The van der Waals surface area contributed by atoms with Crippen LogP contribution in [-0.2, 0) is 17.9 Å². The number of piperidine rings is 1. The first-order valence-corrected chi connectivity index (χ1v) is 13.0. The van der Waals surface area contributed by atoms with Crippen LogP contribution in [0, 0.1) is 0 Å².